The van der Waals surface area contributed by atoms with Gasteiger partial charge in [-0.3, -0.25) is 4.79 Å². The number of aromatic amines is 1. The Kier molecular flexibility index (Phi) is 3.01. The van der Waals surface area contributed by atoms with Gasteiger partial charge in [0, 0.05) is 10.9 Å². The Bertz CT molecular complexity index is 919. The lowest BCUT2D eigenvalue weighted by Crippen LogP contribution is -2.10. The maximum atomic E-state index is 13.4. The zero-order valence-corrected chi connectivity index (χ0v) is 10.9. The molecule has 6 heteroatoms. The van der Waals surface area contributed by atoms with Crippen molar-refractivity contribution in [2.45, 2.75) is 6.92 Å². The minimum absolute atomic E-state index is 0.0131. The molecule has 0 saturated heterocycles. The Labute approximate surface area is 117 Å². The molecule has 0 amide bonds. The second kappa shape index (κ2) is 4.73. The number of rotatable bonds is 1. The third kappa shape index (κ3) is 2.18. The summed E-state index contributed by atoms with van der Waals surface area (Å²) >= 11 is 0. The number of nitrogens with one attached hydrogen (secondary N) is 1. The summed E-state index contributed by atoms with van der Waals surface area (Å²) < 4.78 is 40.0. The monoisotopic (exact) mass is 290 g/mol. The Balaban J connectivity index is 2.37. The van der Waals surface area contributed by atoms with Gasteiger partial charge in [0.15, 0.2) is 11.6 Å². The molecule has 0 spiro atoms. The summed E-state index contributed by atoms with van der Waals surface area (Å²) in [7, 11) is 0. The molecule has 0 bridgehead atoms. The largest absolute Gasteiger partial charge is 0.272 e. The van der Waals surface area contributed by atoms with E-state index in [1.54, 1.807) is 6.92 Å². The van der Waals surface area contributed by atoms with Gasteiger partial charge < -0.3 is 0 Å². The van der Waals surface area contributed by atoms with E-state index >= 15 is 0 Å². The molecule has 3 aromatic rings. The first kappa shape index (κ1) is 13.4. The molecule has 21 heavy (non-hydrogen) atoms. The standard InChI is InChI=1S/C15H9F3N2O/c1-7-4-8(2-3-11(7)16)14-9-5-12(17)13(18)6-10(9)15(21)20-19-14/h2-6H,1H3,(H,20,21). The third-order valence-electron chi connectivity index (χ3n) is 3.26. The molecule has 0 aliphatic rings. The summed E-state index contributed by atoms with van der Waals surface area (Å²) in [6.07, 6.45) is 0. The fourth-order valence-corrected chi connectivity index (χ4v) is 2.17. The Hall–Kier alpha value is -2.63. The topological polar surface area (TPSA) is 45.8 Å². The molecule has 0 unspecified atom stereocenters. The van der Waals surface area contributed by atoms with Gasteiger partial charge in [-0.05, 0) is 42.8 Å². The van der Waals surface area contributed by atoms with E-state index in [1.807, 2.05) is 0 Å². The van der Waals surface area contributed by atoms with Crippen LogP contribution in [0.2, 0.25) is 0 Å². The summed E-state index contributed by atoms with van der Waals surface area (Å²) in [6, 6.07) is 5.98. The van der Waals surface area contributed by atoms with Gasteiger partial charge in [-0.15, -0.1) is 0 Å². The summed E-state index contributed by atoms with van der Waals surface area (Å²) in [6.45, 7) is 1.58. The maximum Gasteiger partial charge on any atom is 0.272 e. The van der Waals surface area contributed by atoms with Crippen LogP contribution < -0.4 is 5.56 Å². The van der Waals surface area contributed by atoms with Crippen molar-refractivity contribution in [3.63, 3.8) is 0 Å². The van der Waals surface area contributed by atoms with Gasteiger partial charge in [-0.1, -0.05) is 0 Å². The van der Waals surface area contributed by atoms with E-state index in [9.17, 15) is 18.0 Å². The van der Waals surface area contributed by atoms with Gasteiger partial charge in [-0.25, -0.2) is 18.3 Å². The second-order valence-electron chi connectivity index (χ2n) is 4.68. The molecule has 0 saturated carbocycles. The highest BCUT2D eigenvalue weighted by atomic mass is 19.2. The number of fused-ring (bicyclic) bond motifs is 1. The second-order valence-corrected chi connectivity index (χ2v) is 4.68. The minimum Gasteiger partial charge on any atom is -0.267 e. The lowest BCUT2D eigenvalue weighted by atomic mass is 10.0. The summed E-state index contributed by atoms with van der Waals surface area (Å²) in [5.74, 6) is -2.57. The van der Waals surface area contributed by atoms with Crippen molar-refractivity contribution in [2.24, 2.45) is 0 Å². The van der Waals surface area contributed by atoms with E-state index < -0.39 is 17.2 Å². The van der Waals surface area contributed by atoms with Crippen molar-refractivity contribution in [1.82, 2.24) is 10.2 Å². The number of hydrogen-bond acceptors (Lipinski definition) is 2. The minimum atomic E-state index is -1.11. The van der Waals surface area contributed by atoms with Crippen molar-refractivity contribution in [3.05, 3.63) is 63.7 Å². The van der Waals surface area contributed by atoms with Crippen LogP contribution in [-0.4, -0.2) is 10.2 Å². The van der Waals surface area contributed by atoms with E-state index in [0.29, 0.717) is 11.1 Å². The highest BCUT2D eigenvalue weighted by molar-refractivity contribution is 5.93. The molecule has 2 aromatic carbocycles. The van der Waals surface area contributed by atoms with Crippen LogP contribution >= 0.6 is 0 Å². The third-order valence-corrected chi connectivity index (χ3v) is 3.26. The molecular weight excluding hydrogens is 281 g/mol. The smallest absolute Gasteiger partial charge is 0.267 e. The lowest BCUT2D eigenvalue weighted by molar-refractivity contribution is 0.511. The van der Waals surface area contributed by atoms with Gasteiger partial charge in [-0.2, -0.15) is 5.10 Å². The number of halogens is 3. The molecule has 1 N–H and O–H groups in total. The molecule has 0 fully saturated rings. The van der Waals surface area contributed by atoms with E-state index in [2.05, 4.69) is 10.2 Å². The van der Waals surface area contributed by atoms with Crippen LogP contribution in [0.3, 0.4) is 0 Å². The predicted octanol–water partition coefficient (Wildman–Crippen LogP) is 3.32. The van der Waals surface area contributed by atoms with E-state index in [0.717, 1.165) is 12.1 Å². The van der Waals surface area contributed by atoms with Crippen molar-refractivity contribution in [1.29, 1.82) is 0 Å². The highest BCUT2D eigenvalue weighted by Crippen LogP contribution is 2.27. The zero-order valence-electron chi connectivity index (χ0n) is 10.9. The zero-order chi connectivity index (χ0) is 15.1. The van der Waals surface area contributed by atoms with Crippen LogP contribution in [0.5, 0.6) is 0 Å². The average Bonchev–Trinajstić information content (AvgIpc) is 2.45. The molecule has 0 radical (unpaired) electrons. The van der Waals surface area contributed by atoms with E-state index in [4.69, 9.17) is 0 Å². The van der Waals surface area contributed by atoms with Crippen molar-refractivity contribution in [3.8, 4) is 11.3 Å². The SMILES string of the molecule is Cc1cc(-c2n[nH]c(=O)c3cc(F)c(F)cc23)ccc1F. The van der Waals surface area contributed by atoms with Crippen LogP contribution in [0.25, 0.3) is 22.0 Å². The van der Waals surface area contributed by atoms with Gasteiger partial charge in [0.25, 0.3) is 5.56 Å². The molecule has 0 aliphatic heterocycles. The summed E-state index contributed by atoms with van der Waals surface area (Å²) in [5, 5.41) is 6.26. The Morgan fingerprint density at radius 3 is 2.29 bits per heavy atom. The number of aromatic nitrogens is 2. The summed E-state index contributed by atoms with van der Waals surface area (Å²) in [5.41, 5.74) is 0.524. The van der Waals surface area contributed by atoms with Crippen LogP contribution in [0.4, 0.5) is 13.2 Å². The van der Waals surface area contributed by atoms with Gasteiger partial charge >= 0.3 is 0 Å². The fourth-order valence-electron chi connectivity index (χ4n) is 2.17. The number of H-pyrrole nitrogens is 1. The average molecular weight is 290 g/mol. The predicted molar refractivity (Wildman–Crippen MR) is 72.4 cm³/mol. The van der Waals surface area contributed by atoms with E-state index in [-0.39, 0.29) is 22.3 Å². The Morgan fingerprint density at radius 2 is 1.62 bits per heavy atom. The molecule has 3 rings (SSSR count). The van der Waals surface area contributed by atoms with E-state index in [1.165, 1.54) is 18.2 Å². The number of hydrogen-bond donors (Lipinski definition) is 1. The van der Waals surface area contributed by atoms with Gasteiger partial charge in [0.1, 0.15) is 5.82 Å². The number of nitrogens with zero attached hydrogens (tertiary/aromatic N) is 1. The molecule has 0 atom stereocenters. The molecule has 1 heterocycles. The first-order valence-electron chi connectivity index (χ1n) is 6.11. The maximum absolute atomic E-state index is 13.4. The highest BCUT2D eigenvalue weighted by Gasteiger charge is 2.13. The molecule has 3 nitrogen and oxygen atoms in total. The van der Waals surface area contributed by atoms with Crippen LogP contribution in [0.15, 0.2) is 35.1 Å². The van der Waals surface area contributed by atoms with Crippen LogP contribution in [0.1, 0.15) is 5.56 Å². The molecule has 0 aliphatic carbocycles. The molecule has 1 aromatic heterocycles. The first-order chi connectivity index (χ1) is 9.97. The number of aryl methyl sites for hydroxylation is 1. The normalized spacial score (nSPS) is 11.0. The molecule has 106 valence electrons. The van der Waals surface area contributed by atoms with Crippen LogP contribution in [0, 0.1) is 24.4 Å². The van der Waals surface area contributed by atoms with Crippen molar-refractivity contribution < 1.29 is 13.2 Å². The van der Waals surface area contributed by atoms with Crippen LogP contribution in [-0.2, 0) is 0 Å². The quantitative estimate of drug-likeness (QED) is 0.747. The number of benzene rings is 2. The first-order valence-corrected chi connectivity index (χ1v) is 6.11. The summed E-state index contributed by atoms with van der Waals surface area (Å²) in [4.78, 5) is 11.7. The van der Waals surface area contributed by atoms with Gasteiger partial charge in [0.2, 0.25) is 0 Å². The van der Waals surface area contributed by atoms with Crippen molar-refractivity contribution >= 4 is 10.8 Å². The lowest BCUT2D eigenvalue weighted by Gasteiger charge is -2.07. The van der Waals surface area contributed by atoms with Gasteiger partial charge in [0.05, 0.1) is 11.1 Å². The Morgan fingerprint density at radius 1 is 0.952 bits per heavy atom. The molecular formula is C15H9F3N2O. The van der Waals surface area contributed by atoms with Crippen molar-refractivity contribution in [2.75, 3.05) is 0 Å². The fraction of sp³-hybridized carbons (Fsp3) is 0.0667.